The van der Waals surface area contributed by atoms with E-state index in [1.807, 2.05) is 0 Å². The molecule has 2 heterocycles. The van der Waals surface area contributed by atoms with Gasteiger partial charge in [0.1, 0.15) is 0 Å². The molecule has 92 valence electrons. The summed E-state index contributed by atoms with van der Waals surface area (Å²) in [7, 11) is 0. The first-order chi connectivity index (χ1) is 8.90. The Hall–Kier alpha value is -1.92. The van der Waals surface area contributed by atoms with Crippen LogP contribution in [0.5, 0.6) is 0 Å². The van der Waals surface area contributed by atoms with E-state index in [-0.39, 0.29) is 0 Å². The Morgan fingerprint density at radius 1 is 1.22 bits per heavy atom. The second-order valence-electron chi connectivity index (χ2n) is 4.59. The molecule has 3 heteroatoms. The number of terminal acetylenes is 1. The van der Waals surface area contributed by atoms with Gasteiger partial charge in [-0.15, -0.1) is 6.42 Å². The number of fused-ring (bicyclic) bond motifs is 1. The van der Waals surface area contributed by atoms with E-state index in [1.54, 1.807) is 0 Å². The molecule has 1 aliphatic rings. The molecule has 1 aromatic heterocycles. The van der Waals surface area contributed by atoms with Crippen LogP contribution >= 0.6 is 0 Å². The van der Waals surface area contributed by atoms with Crippen LogP contribution in [-0.2, 0) is 6.54 Å². The van der Waals surface area contributed by atoms with Crippen molar-refractivity contribution in [2.24, 2.45) is 0 Å². The van der Waals surface area contributed by atoms with Crippen LogP contribution in [0.15, 0.2) is 30.5 Å². The zero-order valence-electron chi connectivity index (χ0n) is 10.4. The lowest BCUT2D eigenvalue weighted by Gasteiger charge is -2.30. The summed E-state index contributed by atoms with van der Waals surface area (Å²) in [5.41, 5.74) is 2.55. The van der Waals surface area contributed by atoms with Crippen LogP contribution in [0.1, 0.15) is 0 Å². The molecule has 0 radical (unpaired) electrons. The zero-order valence-corrected chi connectivity index (χ0v) is 10.4. The van der Waals surface area contributed by atoms with Crippen LogP contribution < -0.4 is 10.2 Å². The van der Waals surface area contributed by atoms with Crippen LogP contribution in [0.25, 0.3) is 10.9 Å². The van der Waals surface area contributed by atoms with Gasteiger partial charge in [0, 0.05) is 43.4 Å². The molecule has 0 unspecified atom stereocenters. The molecule has 2 aromatic rings. The third kappa shape index (κ3) is 1.85. The minimum atomic E-state index is 0.633. The second-order valence-corrected chi connectivity index (χ2v) is 4.59. The van der Waals surface area contributed by atoms with Crippen molar-refractivity contribution in [2.45, 2.75) is 6.54 Å². The van der Waals surface area contributed by atoms with E-state index in [1.165, 1.54) is 16.6 Å². The SMILES string of the molecule is C#CCn1ccc2c(N3CCNCC3)cccc21. The van der Waals surface area contributed by atoms with E-state index < -0.39 is 0 Å². The summed E-state index contributed by atoms with van der Waals surface area (Å²) < 4.78 is 2.13. The van der Waals surface area contributed by atoms with Gasteiger partial charge in [-0.1, -0.05) is 12.0 Å². The number of nitrogens with one attached hydrogen (secondary N) is 1. The molecular weight excluding hydrogens is 222 g/mol. The fourth-order valence-corrected chi connectivity index (χ4v) is 2.62. The summed E-state index contributed by atoms with van der Waals surface area (Å²) in [6.07, 6.45) is 7.48. The quantitative estimate of drug-likeness (QED) is 0.805. The monoisotopic (exact) mass is 239 g/mol. The molecule has 1 saturated heterocycles. The summed E-state index contributed by atoms with van der Waals surface area (Å²) in [4.78, 5) is 2.44. The van der Waals surface area contributed by atoms with E-state index in [2.05, 4.69) is 51.2 Å². The number of nitrogens with zero attached hydrogens (tertiary/aromatic N) is 2. The lowest BCUT2D eigenvalue weighted by atomic mass is 10.2. The van der Waals surface area contributed by atoms with Gasteiger partial charge >= 0.3 is 0 Å². The van der Waals surface area contributed by atoms with Gasteiger partial charge in [-0.2, -0.15) is 0 Å². The summed E-state index contributed by atoms with van der Waals surface area (Å²) in [6.45, 7) is 4.89. The molecule has 0 aliphatic carbocycles. The van der Waals surface area contributed by atoms with Gasteiger partial charge in [0.25, 0.3) is 0 Å². The molecule has 0 bridgehead atoms. The molecule has 1 N–H and O–H groups in total. The van der Waals surface area contributed by atoms with E-state index in [0.29, 0.717) is 6.54 Å². The molecule has 3 nitrogen and oxygen atoms in total. The predicted molar refractivity (Wildman–Crippen MR) is 75.9 cm³/mol. The molecule has 1 aliphatic heterocycles. The zero-order chi connectivity index (χ0) is 12.4. The number of rotatable bonds is 2. The lowest BCUT2D eigenvalue weighted by Crippen LogP contribution is -2.43. The molecule has 0 atom stereocenters. The van der Waals surface area contributed by atoms with Crippen molar-refractivity contribution in [3.63, 3.8) is 0 Å². The number of piperazine rings is 1. The summed E-state index contributed by atoms with van der Waals surface area (Å²) >= 11 is 0. The average molecular weight is 239 g/mol. The smallest absolute Gasteiger partial charge is 0.0834 e. The Kier molecular flexibility index (Phi) is 2.95. The standard InChI is InChI=1S/C15H17N3/c1-2-9-17-10-6-13-14(17)4-3-5-15(13)18-11-7-16-8-12-18/h1,3-6,10,16H,7-9,11-12H2. The van der Waals surface area contributed by atoms with Crippen molar-refractivity contribution < 1.29 is 0 Å². The van der Waals surface area contributed by atoms with Crippen LogP contribution in [-0.4, -0.2) is 30.7 Å². The highest BCUT2D eigenvalue weighted by atomic mass is 15.2. The van der Waals surface area contributed by atoms with Gasteiger partial charge < -0.3 is 14.8 Å². The van der Waals surface area contributed by atoms with E-state index in [9.17, 15) is 0 Å². The number of benzene rings is 1. The average Bonchev–Trinajstić information content (AvgIpc) is 2.84. The number of hydrogen-bond donors (Lipinski definition) is 1. The summed E-state index contributed by atoms with van der Waals surface area (Å²) in [6, 6.07) is 8.63. The Morgan fingerprint density at radius 2 is 2.06 bits per heavy atom. The molecule has 0 amide bonds. The number of anilines is 1. The number of aromatic nitrogens is 1. The Bertz CT molecular complexity index is 585. The van der Waals surface area contributed by atoms with Crippen molar-refractivity contribution in [2.75, 3.05) is 31.1 Å². The molecule has 1 fully saturated rings. The first-order valence-corrected chi connectivity index (χ1v) is 6.37. The van der Waals surface area contributed by atoms with Crippen LogP contribution in [0.2, 0.25) is 0 Å². The van der Waals surface area contributed by atoms with Gasteiger partial charge in [0.05, 0.1) is 12.1 Å². The van der Waals surface area contributed by atoms with Crippen molar-refractivity contribution >= 4 is 16.6 Å². The van der Waals surface area contributed by atoms with Crippen molar-refractivity contribution in [1.82, 2.24) is 9.88 Å². The van der Waals surface area contributed by atoms with E-state index in [0.717, 1.165) is 26.2 Å². The molecule has 1 aromatic carbocycles. The highest BCUT2D eigenvalue weighted by Crippen LogP contribution is 2.27. The largest absolute Gasteiger partial charge is 0.368 e. The highest BCUT2D eigenvalue weighted by Gasteiger charge is 2.14. The maximum absolute atomic E-state index is 5.40. The normalized spacial score (nSPS) is 15.8. The van der Waals surface area contributed by atoms with E-state index in [4.69, 9.17) is 6.42 Å². The summed E-state index contributed by atoms with van der Waals surface area (Å²) in [5.74, 6) is 2.70. The van der Waals surface area contributed by atoms with Gasteiger partial charge in [0.15, 0.2) is 0 Å². The first-order valence-electron chi connectivity index (χ1n) is 6.37. The van der Waals surface area contributed by atoms with Gasteiger partial charge in [0.2, 0.25) is 0 Å². The van der Waals surface area contributed by atoms with Crippen molar-refractivity contribution in [3.05, 3.63) is 30.5 Å². The van der Waals surface area contributed by atoms with Crippen LogP contribution in [0.3, 0.4) is 0 Å². The Balaban J connectivity index is 2.04. The minimum absolute atomic E-state index is 0.633. The van der Waals surface area contributed by atoms with Gasteiger partial charge in [-0.3, -0.25) is 0 Å². The second kappa shape index (κ2) is 4.75. The van der Waals surface area contributed by atoms with Crippen molar-refractivity contribution in [1.29, 1.82) is 0 Å². The van der Waals surface area contributed by atoms with Gasteiger partial charge in [-0.05, 0) is 18.2 Å². The molecule has 18 heavy (non-hydrogen) atoms. The van der Waals surface area contributed by atoms with Crippen molar-refractivity contribution in [3.8, 4) is 12.3 Å². The van der Waals surface area contributed by atoms with E-state index >= 15 is 0 Å². The molecule has 0 spiro atoms. The van der Waals surface area contributed by atoms with Crippen LogP contribution in [0, 0.1) is 12.3 Å². The predicted octanol–water partition coefficient (Wildman–Crippen LogP) is 1.68. The molecule has 0 saturated carbocycles. The minimum Gasteiger partial charge on any atom is -0.368 e. The Labute approximate surface area is 107 Å². The maximum atomic E-state index is 5.40. The maximum Gasteiger partial charge on any atom is 0.0834 e. The lowest BCUT2D eigenvalue weighted by molar-refractivity contribution is 0.590. The fourth-order valence-electron chi connectivity index (χ4n) is 2.62. The topological polar surface area (TPSA) is 20.2 Å². The molecular formula is C15H17N3. The Morgan fingerprint density at radius 3 is 2.83 bits per heavy atom. The summed E-state index contributed by atoms with van der Waals surface area (Å²) in [5, 5.41) is 4.69. The fraction of sp³-hybridized carbons (Fsp3) is 0.333. The molecule has 3 rings (SSSR count). The number of hydrogen-bond acceptors (Lipinski definition) is 2. The van der Waals surface area contributed by atoms with Gasteiger partial charge in [-0.25, -0.2) is 0 Å². The third-order valence-corrected chi connectivity index (χ3v) is 3.51. The first kappa shape index (κ1) is 11.2. The van der Waals surface area contributed by atoms with Crippen LogP contribution in [0.4, 0.5) is 5.69 Å². The highest BCUT2D eigenvalue weighted by molar-refractivity contribution is 5.93. The third-order valence-electron chi connectivity index (χ3n) is 3.51.